The van der Waals surface area contributed by atoms with E-state index in [1.165, 1.54) is 11.3 Å². The summed E-state index contributed by atoms with van der Waals surface area (Å²) in [7, 11) is 0. The molecule has 4 N–H and O–H groups in total. The van der Waals surface area contributed by atoms with Gasteiger partial charge < -0.3 is 25.3 Å². The number of fused-ring (bicyclic) bond motifs is 1. The van der Waals surface area contributed by atoms with E-state index in [1.54, 1.807) is 0 Å². The minimum Gasteiger partial charge on any atom is -0.489 e. The molecule has 2 aliphatic heterocycles. The molecule has 0 spiro atoms. The van der Waals surface area contributed by atoms with Gasteiger partial charge in [-0.3, -0.25) is 4.90 Å². The van der Waals surface area contributed by atoms with Gasteiger partial charge in [-0.15, -0.1) is 0 Å². The maximum Gasteiger partial charge on any atom is 0.490 e. The molecule has 0 bridgehead atoms. The van der Waals surface area contributed by atoms with Crippen LogP contribution in [0.2, 0.25) is 0 Å². The van der Waals surface area contributed by atoms with E-state index in [-0.39, 0.29) is 12.1 Å². The van der Waals surface area contributed by atoms with Crippen molar-refractivity contribution in [2.45, 2.75) is 76.1 Å². The van der Waals surface area contributed by atoms with Crippen molar-refractivity contribution in [2.24, 2.45) is 0 Å². The Labute approximate surface area is 212 Å². The second-order valence-electron chi connectivity index (χ2n) is 9.66. The molecule has 2 aromatic rings. The summed E-state index contributed by atoms with van der Waals surface area (Å²) in [4.78, 5) is 30.6. The first-order valence-electron chi connectivity index (χ1n) is 12.5. The Morgan fingerprint density at radius 1 is 1.11 bits per heavy atom. The molecule has 1 aliphatic carbocycles. The number of hydrogen-bond donors (Lipinski definition) is 4. The maximum absolute atomic E-state index is 11.9. The van der Waals surface area contributed by atoms with Crippen LogP contribution in [0, 0.1) is 0 Å². The van der Waals surface area contributed by atoms with Gasteiger partial charge in [-0.1, -0.05) is 0 Å². The Bertz CT molecular complexity index is 1130. The molecular formula is C25H31F3N4O5. The van der Waals surface area contributed by atoms with Crippen molar-refractivity contribution in [3.63, 3.8) is 0 Å². The number of nitrogens with zero attached hydrogens (tertiary/aromatic N) is 2. The second-order valence-corrected chi connectivity index (χ2v) is 9.66. The summed E-state index contributed by atoms with van der Waals surface area (Å²) < 4.78 is 38.2. The first kappa shape index (κ1) is 26.8. The van der Waals surface area contributed by atoms with Crippen LogP contribution in [0.5, 0.6) is 5.75 Å². The maximum atomic E-state index is 11.9. The number of rotatable bonds is 4. The molecule has 1 aromatic heterocycles. The highest BCUT2D eigenvalue weighted by Gasteiger charge is 2.38. The van der Waals surface area contributed by atoms with Gasteiger partial charge >= 0.3 is 18.2 Å². The first-order valence-corrected chi connectivity index (χ1v) is 12.5. The van der Waals surface area contributed by atoms with Crippen LogP contribution in [0.25, 0.3) is 11.3 Å². The number of anilines is 1. The minimum absolute atomic E-state index is 0.0314. The van der Waals surface area contributed by atoms with E-state index in [2.05, 4.69) is 10.3 Å². The van der Waals surface area contributed by atoms with E-state index in [0.29, 0.717) is 5.92 Å². The van der Waals surface area contributed by atoms with Gasteiger partial charge in [0.2, 0.25) is 0 Å². The number of carboxylic acids is 1. The van der Waals surface area contributed by atoms with Gasteiger partial charge in [-0.2, -0.15) is 13.2 Å². The van der Waals surface area contributed by atoms with Gasteiger partial charge in [0.1, 0.15) is 11.6 Å². The van der Waals surface area contributed by atoms with Crippen LogP contribution in [0.15, 0.2) is 18.3 Å². The molecular weight excluding hydrogens is 493 g/mol. The Hall–Kier alpha value is -3.28. The number of ether oxygens (including phenoxy) is 1. The van der Waals surface area contributed by atoms with Crippen LogP contribution in [0.4, 0.5) is 23.7 Å². The molecule has 1 aromatic carbocycles. The standard InChI is InChI=1S/C23H30N4O3.C2HF3O2/c1-14-5-6-18-20(27(14)23(28)29)8-7-17(21(18)30-16-3-2-4-16)19-13-25-22(26-19)15-9-11-24-12-10-15;3-2(4,5)1(6)7/h7-8,13-16,24H,2-6,9-12H2,1H3,(H,25,26)(H,28,29);(H,6,7)/t14-;/m0./s1. The molecule has 37 heavy (non-hydrogen) atoms. The number of piperidine rings is 1. The minimum atomic E-state index is -5.08. The molecule has 0 radical (unpaired) electrons. The van der Waals surface area contributed by atoms with E-state index >= 15 is 0 Å². The molecule has 1 saturated heterocycles. The number of carboxylic acid groups (broad SMARTS) is 2. The van der Waals surface area contributed by atoms with Crippen LogP contribution in [0.1, 0.15) is 62.8 Å². The Morgan fingerprint density at radius 2 is 1.78 bits per heavy atom. The van der Waals surface area contributed by atoms with Crippen LogP contribution in [-0.2, 0) is 11.2 Å². The average Bonchev–Trinajstić information content (AvgIpc) is 3.31. The third kappa shape index (κ3) is 6.00. The van der Waals surface area contributed by atoms with Crippen molar-refractivity contribution >= 4 is 17.7 Å². The van der Waals surface area contributed by atoms with Crippen molar-refractivity contribution in [2.75, 3.05) is 18.0 Å². The molecule has 1 saturated carbocycles. The molecule has 3 heterocycles. The van der Waals surface area contributed by atoms with Gasteiger partial charge in [-0.25, -0.2) is 14.6 Å². The predicted octanol–water partition coefficient (Wildman–Crippen LogP) is 4.93. The van der Waals surface area contributed by atoms with E-state index < -0.39 is 18.2 Å². The number of aromatic amines is 1. The molecule has 12 heteroatoms. The average molecular weight is 525 g/mol. The lowest BCUT2D eigenvalue weighted by Crippen LogP contribution is -2.41. The van der Waals surface area contributed by atoms with Gasteiger partial charge in [-0.05, 0) is 77.1 Å². The fourth-order valence-corrected chi connectivity index (χ4v) is 4.87. The highest BCUT2D eigenvalue weighted by atomic mass is 19.4. The highest BCUT2D eigenvalue weighted by Crippen LogP contribution is 2.44. The summed E-state index contributed by atoms with van der Waals surface area (Å²) in [6, 6.07) is 3.91. The fraction of sp³-hybridized carbons (Fsp3) is 0.560. The number of halogens is 3. The number of aromatic nitrogens is 2. The quantitative estimate of drug-likeness (QED) is 0.447. The number of benzene rings is 1. The summed E-state index contributed by atoms with van der Waals surface area (Å²) in [6.07, 6.45) is 3.27. The topological polar surface area (TPSA) is 128 Å². The zero-order chi connectivity index (χ0) is 26.7. The van der Waals surface area contributed by atoms with Gasteiger partial charge in [0.25, 0.3) is 0 Å². The SMILES string of the molecule is C[C@H]1CCc2c(ccc(-c3cnc(C4CCNCC4)[nH]3)c2OC2CCC2)N1C(=O)O.O=C(O)C(F)(F)F. The lowest BCUT2D eigenvalue weighted by Gasteiger charge is -2.36. The number of nitrogens with one attached hydrogen (secondary N) is 2. The summed E-state index contributed by atoms with van der Waals surface area (Å²) in [5.41, 5.74) is 3.73. The monoisotopic (exact) mass is 524 g/mol. The number of imidazole rings is 1. The Balaban J connectivity index is 0.000000405. The van der Waals surface area contributed by atoms with E-state index in [0.717, 1.165) is 85.7 Å². The van der Waals surface area contributed by atoms with Crippen LogP contribution >= 0.6 is 0 Å². The summed E-state index contributed by atoms with van der Waals surface area (Å²) in [5.74, 6) is -0.417. The molecule has 5 rings (SSSR count). The third-order valence-corrected chi connectivity index (χ3v) is 7.14. The summed E-state index contributed by atoms with van der Waals surface area (Å²) >= 11 is 0. The number of alkyl halides is 3. The lowest BCUT2D eigenvalue weighted by molar-refractivity contribution is -0.192. The normalized spacial score (nSPS) is 20.3. The van der Waals surface area contributed by atoms with Crippen molar-refractivity contribution < 1.29 is 37.7 Å². The summed E-state index contributed by atoms with van der Waals surface area (Å²) in [5, 5.41) is 20.3. The van der Waals surface area contributed by atoms with Gasteiger partial charge in [0, 0.05) is 23.1 Å². The highest BCUT2D eigenvalue weighted by molar-refractivity contribution is 5.91. The molecule has 202 valence electrons. The Kier molecular flexibility index (Phi) is 7.96. The van der Waals surface area contributed by atoms with Crippen LogP contribution in [0.3, 0.4) is 0 Å². The van der Waals surface area contributed by atoms with E-state index in [1.807, 2.05) is 25.3 Å². The van der Waals surface area contributed by atoms with Gasteiger partial charge in [0.05, 0.1) is 23.7 Å². The van der Waals surface area contributed by atoms with Crippen molar-refractivity contribution in [3.8, 4) is 17.0 Å². The zero-order valence-corrected chi connectivity index (χ0v) is 20.5. The Morgan fingerprint density at radius 3 is 2.35 bits per heavy atom. The van der Waals surface area contributed by atoms with Crippen molar-refractivity contribution in [1.29, 1.82) is 0 Å². The smallest absolute Gasteiger partial charge is 0.489 e. The third-order valence-electron chi connectivity index (χ3n) is 7.14. The first-order chi connectivity index (χ1) is 17.6. The van der Waals surface area contributed by atoms with E-state index in [4.69, 9.17) is 19.6 Å². The molecule has 1 atom stereocenters. The molecule has 1 amide bonds. The van der Waals surface area contributed by atoms with Crippen LogP contribution < -0.4 is 15.0 Å². The molecule has 9 nitrogen and oxygen atoms in total. The number of hydrogen-bond acceptors (Lipinski definition) is 5. The number of carbonyl (C=O) groups is 2. The molecule has 3 aliphatic rings. The molecule has 2 fully saturated rings. The number of amides is 1. The van der Waals surface area contributed by atoms with E-state index in [9.17, 15) is 23.1 Å². The lowest BCUT2D eigenvalue weighted by atomic mass is 9.92. The summed E-state index contributed by atoms with van der Waals surface area (Å²) in [6.45, 7) is 4.02. The fourth-order valence-electron chi connectivity index (χ4n) is 4.87. The van der Waals surface area contributed by atoms with Crippen molar-refractivity contribution in [3.05, 3.63) is 29.7 Å². The number of H-pyrrole nitrogens is 1. The second kappa shape index (κ2) is 11.0. The zero-order valence-electron chi connectivity index (χ0n) is 20.5. The van der Waals surface area contributed by atoms with Gasteiger partial charge in [0.15, 0.2) is 0 Å². The van der Waals surface area contributed by atoms with Crippen molar-refractivity contribution in [1.82, 2.24) is 15.3 Å². The number of aliphatic carboxylic acids is 1. The molecule has 0 unspecified atom stereocenters. The largest absolute Gasteiger partial charge is 0.490 e. The predicted molar refractivity (Wildman–Crippen MR) is 129 cm³/mol. The van der Waals surface area contributed by atoms with Crippen LogP contribution in [-0.4, -0.2) is 63.7 Å².